The fourth-order valence-corrected chi connectivity index (χ4v) is 13.0. The highest BCUT2D eigenvalue weighted by atomic mass is 16.7. The highest BCUT2D eigenvalue weighted by Crippen LogP contribution is 2.89. The minimum absolute atomic E-state index is 0.00999. The number of hydrogen-bond donors (Lipinski definition) is 8. The summed E-state index contributed by atoms with van der Waals surface area (Å²) in [5.41, 5.74) is -1.91. The van der Waals surface area contributed by atoms with Crippen molar-refractivity contribution < 1.29 is 50.3 Å². The number of aliphatic hydroxyl groups excluding tert-OH is 7. The van der Waals surface area contributed by atoms with E-state index in [0.29, 0.717) is 25.7 Å². The molecule has 0 amide bonds. The molecule has 266 valence electrons. The Morgan fingerprint density at radius 2 is 1.54 bits per heavy atom. The Hall–Kier alpha value is -0.400. The average Bonchev–Trinajstić information content (AvgIpc) is 3.55. The molecule has 6 rings (SSSR count). The molecule has 0 aromatic heterocycles. The fraction of sp³-hybridized carbons (Fsp3) is 1.00. The van der Waals surface area contributed by atoms with Crippen molar-refractivity contribution in [3.63, 3.8) is 0 Å². The van der Waals surface area contributed by atoms with E-state index in [0.717, 1.165) is 32.1 Å². The van der Waals surface area contributed by atoms with Gasteiger partial charge in [-0.05, 0) is 122 Å². The molecule has 10 nitrogen and oxygen atoms in total. The first-order valence-electron chi connectivity index (χ1n) is 17.9. The van der Waals surface area contributed by atoms with Gasteiger partial charge in [0.2, 0.25) is 0 Å². The predicted molar refractivity (Wildman–Crippen MR) is 169 cm³/mol. The molecule has 46 heavy (non-hydrogen) atoms. The van der Waals surface area contributed by atoms with Crippen LogP contribution in [0.3, 0.4) is 0 Å². The van der Waals surface area contributed by atoms with Crippen LogP contribution in [0, 0.1) is 50.7 Å². The predicted octanol–water partition coefficient (Wildman–Crippen LogP) is 2.10. The molecule has 0 aromatic carbocycles. The van der Waals surface area contributed by atoms with E-state index in [2.05, 4.69) is 34.6 Å². The zero-order chi connectivity index (χ0) is 34.0. The minimum Gasteiger partial charge on any atom is -0.394 e. The first kappa shape index (κ1) is 35.4. The maximum absolute atomic E-state index is 12.2. The van der Waals surface area contributed by atoms with Crippen molar-refractivity contribution in [2.75, 3.05) is 6.61 Å². The van der Waals surface area contributed by atoms with Gasteiger partial charge in [0, 0.05) is 0 Å². The summed E-state index contributed by atoms with van der Waals surface area (Å²) in [5, 5.41) is 85.7. The molecular weight excluding hydrogens is 592 g/mol. The van der Waals surface area contributed by atoms with Crippen molar-refractivity contribution in [3.05, 3.63) is 0 Å². The number of rotatable bonds is 8. The normalized spacial score (nSPS) is 54.2. The van der Waals surface area contributed by atoms with Crippen LogP contribution in [0.25, 0.3) is 0 Å². The highest BCUT2D eigenvalue weighted by Gasteiger charge is 2.84. The third-order valence-corrected chi connectivity index (χ3v) is 15.5. The van der Waals surface area contributed by atoms with Crippen molar-refractivity contribution >= 4 is 0 Å². The monoisotopic (exact) mass is 654 g/mol. The molecule has 1 saturated heterocycles. The van der Waals surface area contributed by atoms with Crippen molar-refractivity contribution in [3.8, 4) is 0 Å². The largest absolute Gasteiger partial charge is 0.394 e. The smallest absolute Gasteiger partial charge is 0.186 e. The third-order valence-electron chi connectivity index (χ3n) is 15.5. The Morgan fingerprint density at radius 3 is 2.17 bits per heavy atom. The third kappa shape index (κ3) is 4.78. The maximum Gasteiger partial charge on any atom is 0.186 e. The number of ether oxygens (including phenoxy) is 2. The van der Waals surface area contributed by atoms with Gasteiger partial charge in [0.15, 0.2) is 6.29 Å². The standard InChI is InChI=1S/C36H62O10/c1-18(8-9-23(40)32(4,5)44)25-20(39)15-34(7)29-19(38)14-22-31(2,3)24(46-30-28(43)27(42)26(41)21(16-37)45-30)10-11-35(22)17-36(29,35)13-12-33(25,34)6/h18-30,37-44H,8-17H2,1-7H3. The van der Waals surface area contributed by atoms with E-state index in [9.17, 15) is 40.9 Å². The van der Waals surface area contributed by atoms with Gasteiger partial charge in [-0.2, -0.15) is 0 Å². The Bertz CT molecular complexity index is 1140. The summed E-state index contributed by atoms with van der Waals surface area (Å²) < 4.78 is 12.1. The maximum atomic E-state index is 12.2. The topological polar surface area (TPSA) is 180 Å². The van der Waals surface area contributed by atoms with Gasteiger partial charge >= 0.3 is 0 Å². The van der Waals surface area contributed by atoms with Gasteiger partial charge in [0.25, 0.3) is 0 Å². The summed E-state index contributed by atoms with van der Waals surface area (Å²) in [6.45, 7) is 14.0. The number of aliphatic hydroxyl groups is 8. The molecule has 1 aliphatic heterocycles. The molecule has 5 saturated carbocycles. The average molecular weight is 655 g/mol. The van der Waals surface area contributed by atoms with E-state index in [4.69, 9.17) is 9.47 Å². The lowest BCUT2D eigenvalue weighted by Crippen LogP contribution is -2.63. The summed E-state index contributed by atoms with van der Waals surface area (Å²) in [5.74, 6) is 0.445. The summed E-state index contributed by atoms with van der Waals surface area (Å²) in [4.78, 5) is 0. The van der Waals surface area contributed by atoms with Crippen LogP contribution in [0.15, 0.2) is 0 Å². The molecular formula is C36H62O10. The summed E-state index contributed by atoms with van der Waals surface area (Å²) in [6, 6.07) is 0. The zero-order valence-corrected chi connectivity index (χ0v) is 29.0. The molecule has 0 radical (unpaired) electrons. The first-order valence-corrected chi connectivity index (χ1v) is 17.9. The molecule has 1 heterocycles. The van der Waals surface area contributed by atoms with Crippen LogP contribution >= 0.6 is 0 Å². The number of fused-ring (bicyclic) bond motifs is 2. The molecule has 0 bridgehead atoms. The Morgan fingerprint density at radius 1 is 0.870 bits per heavy atom. The number of hydrogen-bond acceptors (Lipinski definition) is 10. The molecule has 10 heteroatoms. The second-order valence-corrected chi connectivity index (χ2v) is 18.4. The van der Waals surface area contributed by atoms with E-state index < -0.39 is 61.2 Å². The molecule has 0 aromatic rings. The van der Waals surface area contributed by atoms with Crippen molar-refractivity contribution in [2.24, 2.45) is 50.7 Å². The van der Waals surface area contributed by atoms with Gasteiger partial charge in [-0.15, -0.1) is 0 Å². The lowest BCUT2D eigenvalue weighted by Gasteiger charge is -2.64. The first-order chi connectivity index (χ1) is 21.2. The minimum atomic E-state index is -1.49. The quantitative estimate of drug-likeness (QED) is 0.181. The second-order valence-electron chi connectivity index (χ2n) is 18.4. The van der Waals surface area contributed by atoms with Gasteiger partial charge in [-0.3, -0.25) is 0 Å². The molecule has 6 aliphatic rings. The van der Waals surface area contributed by atoms with Crippen LogP contribution in [0.1, 0.15) is 106 Å². The Balaban J connectivity index is 1.22. The van der Waals surface area contributed by atoms with E-state index in [1.54, 1.807) is 13.8 Å². The van der Waals surface area contributed by atoms with Gasteiger partial charge in [0.05, 0.1) is 36.6 Å². The molecule has 17 unspecified atom stereocenters. The molecule has 6 fully saturated rings. The van der Waals surface area contributed by atoms with E-state index in [1.165, 1.54) is 0 Å². The van der Waals surface area contributed by atoms with Gasteiger partial charge in [-0.25, -0.2) is 0 Å². The van der Waals surface area contributed by atoms with Crippen molar-refractivity contribution in [1.82, 2.24) is 0 Å². The van der Waals surface area contributed by atoms with Crippen LogP contribution in [0.2, 0.25) is 0 Å². The van der Waals surface area contributed by atoms with Crippen LogP contribution in [-0.2, 0) is 9.47 Å². The SMILES string of the molecule is CC(CCC(O)C(C)(C)O)C1C(O)CC2(C)C3C(O)CC4C(C)(C)C(OC5OC(CO)C(O)C(O)C5O)CCC45CC35CCC12C. The van der Waals surface area contributed by atoms with Crippen LogP contribution < -0.4 is 0 Å². The Kier molecular flexibility index (Phi) is 8.71. The van der Waals surface area contributed by atoms with Crippen LogP contribution in [-0.4, -0.2) is 108 Å². The lowest BCUT2D eigenvalue weighted by molar-refractivity contribution is -0.327. The van der Waals surface area contributed by atoms with Crippen LogP contribution in [0.5, 0.6) is 0 Å². The summed E-state index contributed by atoms with van der Waals surface area (Å²) in [7, 11) is 0. The summed E-state index contributed by atoms with van der Waals surface area (Å²) in [6.07, 6.45) is -1.55. The van der Waals surface area contributed by atoms with E-state index in [-0.39, 0.29) is 56.9 Å². The van der Waals surface area contributed by atoms with E-state index in [1.807, 2.05) is 0 Å². The summed E-state index contributed by atoms with van der Waals surface area (Å²) >= 11 is 0. The zero-order valence-electron chi connectivity index (χ0n) is 29.0. The van der Waals surface area contributed by atoms with Crippen molar-refractivity contribution in [1.29, 1.82) is 0 Å². The molecule has 17 atom stereocenters. The van der Waals surface area contributed by atoms with Crippen molar-refractivity contribution in [2.45, 2.75) is 167 Å². The van der Waals surface area contributed by atoms with Crippen LogP contribution in [0.4, 0.5) is 0 Å². The highest BCUT2D eigenvalue weighted by molar-refractivity contribution is 5.32. The Labute approximate surface area is 274 Å². The second kappa shape index (κ2) is 11.3. The lowest BCUT2D eigenvalue weighted by atomic mass is 9.41. The van der Waals surface area contributed by atoms with Gasteiger partial charge in [0.1, 0.15) is 24.4 Å². The molecule has 2 spiro atoms. The fourth-order valence-electron chi connectivity index (χ4n) is 13.0. The van der Waals surface area contributed by atoms with E-state index >= 15 is 0 Å². The molecule has 8 N–H and O–H groups in total. The van der Waals surface area contributed by atoms with Gasteiger partial charge < -0.3 is 50.3 Å². The molecule has 5 aliphatic carbocycles. The van der Waals surface area contributed by atoms with Gasteiger partial charge in [-0.1, -0.05) is 34.6 Å².